The van der Waals surface area contributed by atoms with Crippen LogP contribution in [0.15, 0.2) is 122 Å². The Bertz CT molecular complexity index is 1670. The van der Waals surface area contributed by atoms with Gasteiger partial charge in [0.05, 0.1) is 0 Å². The molecule has 0 aliphatic rings. The molecule has 0 rings (SSSR count). The van der Waals surface area contributed by atoms with Crippen molar-refractivity contribution in [2.75, 3.05) is 13.2 Å². The van der Waals surface area contributed by atoms with E-state index in [-0.39, 0.29) is 31.1 Å². The van der Waals surface area contributed by atoms with Crippen molar-refractivity contribution in [1.82, 2.24) is 0 Å². The monoisotopic (exact) mass is 1120 g/mol. The number of rotatable bonds is 61. The van der Waals surface area contributed by atoms with Crippen LogP contribution in [0.4, 0.5) is 0 Å². The molecule has 0 saturated carbocycles. The van der Waals surface area contributed by atoms with Crippen molar-refractivity contribution in [2.24, 2.45) is 0 Å². The van der Waals surface area contributed by atoms with E-state index in [9.17, 15) is 14.4 Å². The molecule has 462 valence electrons. The minimum Gasteiger partial charge on any atom is -0.462 e. The first-order valence-electron chi connectivity index (χ1n) is 34.0. The lowest BCUT2D eigenvalue weighted by atomic mass is 10.0. The molecule has 0 aromatic heterocycles. The van der Waals surface area contributed by atoms with E-state index >= 15 is 0 Å². The molecule has 0 spiro atoms. The molecule has 81 heavy (non-hydrogen) atoms. The van der Waals surface area contributed by atoms with Crippen LogP contribution in [0.1, 0.15) is 316 Å². The van der Waals surface area contributed by atoms with Crippen LogP contribution >= 0.6 is 0 Å². The maximum Gasteiger partial charge on any atom is 0.306 e. The van der Waals surface area contributed by atoms with Crippen molar-refractivity contribution in [3.8, 4) is 0 Å². The highest BCUT2D eigenvalue weighted by Gasteiger charge is 2.19. The van der Waals surface area contributed by atoms with Gasteiger partial charge in [-0.2, -0.15) is 0 Å². The van der Waals surface area contributed by atoms with Gasteiger partial charge in [-0.3, -0.25) is 14.4 Å². The molecule has 0 aromatic carbocycles. The lowest BCUT2D eigenvalue weighted by molar-refractivity contribution is -0.167. The number of hydrogen-bond donors (Lipinski definition) is 0. The summed E-state index contributed by atoms with van der Waals surface area (Å²) in [5.74, 6) is -0.928. The molecule has 0 fully saturated rings. The highest BCUT2D eigenvalue weighted by molar-refractivity contribution is 5.71. The fourth-order valence-corrected chi connectivity index (χ4v) is 9.40. The summed E-state index contributed by atoms with van der Waals surface area (Å²) < 4.78 is 16.9. The third-order valence-corrected chi connectivity index (χ3v) is 14.4. The third-order valence-electron chi connectivity index (χ3n) is 14.4. The van der Waals surface area contributed by atoms with E-state index in [4.69, 9.17) is 14.2 Å². The molecule has 1 atom stereocenters. The Hall–Kier alpha value is -4.19. The quantitative estimate of drug-likeness (QED) is 0.0261. The van der Waals surface area contributed by atoms with Crippen LogP contribution in [0.25, 0.3) is 0 Å². The van der Waals surface area contributed by atoms with Crippen LogP contribution in [-0.4, -0.2) is 37.2 Å². The number of allylic oxidation sites excluding steroid dienone is 20. The van der Waals surface area contributed by atoms with Crippen molar-refractivity contribution in [3.63, 3.8) is 0 Å². The summed E-state index contributed by atoms with van der Waals surface area (Å²) in [4.78, 5) is 38.3. The predicted octanol–water partition coefficient (Wildman–Crippen LogP) is 23.6. The molecular formula is C75H126O6. The first-order valence-corrected chi connectivity index (χ1v) is 34.0. The molecular weight excluding hydrogens is 997 g/mol. The lowest BCUT2D eigenvalue weighted by Crippen LogP contribution is -2.30. The second kappa shape index (κ2) is 68.3. The van der Waals surface area contributed by atoms with Gasteiger partial charge in [-0.25, -0.2) is 0 Å². The van der Waals surface area contributed by atoms with Gasteiger partial charge in [0.1, 0.15) is 13.2 Å². The van der Waals surface area contributed by atoms with Crippen LogP contribution in [0.3, 0.4) is 0 Å². The Morgan fingerprint density at radius 1 is 0.259 bits per heavy atom. The summed E-state index contributed by atoms with van der Waals surface area (Å²) in [5, 5.41) is 0. The van der Waals surface area contributed by atoms with E-state index in [0.717, 1.165) is 141 Å². The summed E-state index contributed by atoms with van der Waals surface area (Å²) in [6, 6.07) is 0. The van der Waals surface area contributed by atoms with Gasteiger partial charge in [0, 0.05) is 19.3 Å². The normalized spacial score (nSPS) is 12.9. The van der Waals surface area contributed by atoms with Crippen LogP contribution in [0, 0.1) is 0 Å². The summed E-state index contributed by atoms with van der Waals surface area (Å²) in [7, 11) is 0. The fraction of sp³-hybridized carbons (Fsp3) is 0.693. The van der Waals surface area contributed by atoms with E-state index in [2.05, 4.69) is 142 Å². The number of hydrogen-bond acceptors (Lipinski definition) is 6. The Balaban J connectivity index is 4.14. The molecule has 0 saturated heterocycles. The number of unbranched alkanes of at least 4 members (excludes halogenated alkanes) is 30. The van der Waals surface area contributed by atoms with E-state index in [1.165, 1.54) is 135 Å². The van der Waals surface area contributed by atoms with Gasteiger partial charge in [-0.1, -0.05) is 290 Å². The zero-order chi connectivity index (χ0) is 58.5. The van der Waals surface area contributed by atoms with E-state index in [1.807, 2.05) is 0 Å². The Kier molecular flexibility index (Phi) is 64.8. The van der Waals surface area contributed by atoms with Gasteiger partial charge in [0.2, 0.25) is 0 Å². The van der Waals surface area contributed by atoms with E-state index in [1.54, 1.807) is 0 Å². The van der Waals surface area contributed by atoms with Crippen LogP contribution in [0.5, 0.6) is 0 Å². The van der Waals surface area contributed by atoms with Crippen molar-refractivity contribution >= 4 is 17.9 Å². The van der Waals surface area contributed by atoms with Crippen molar-refractivity contribution in [1.29, 1.82) is 0 Å². The zero-order valence-corrected chi connectivity index (χ0v) is 53.0. The highest BCUT2D eigenvalue weighted by Crippen LogP contribution is 2.17. The molecule has 0 radical (unpaired) electrons. The first kappa shape index (κ1) is 76.8. The maximum absolute atomic E-state index is 12.9. The number of ether oxygens (including phenoxy) is 3. The predicted molar refractivity (Wildman–Crippen MR) is 353 cm³/mol. The Labute approximate surface area is 501 Å². The molecule has 0 amide bonds. The van der Waals surface area contributed by atoms with Gasteiger partial charge in [-0.05, 0) is 128 Å². The first-order chi connectivity index (χ1) is 40.0. The second-order valence-electron chi connectivity index (χ2n) is 22.3. The van der Waals surface area contributed by atoms with Gasteiger partial charge >= 0.3 is 17.9 Å². The fourth-order valence-electron chi connectivity index (χ4n) is 9.40. The van der Waals surface area contributed by atoms with E-state index < -0.39 is 6.10 Å². The molecule has 0 N–H and O–H groups in total. The number of carbonyl (C=O) groups excluding carboxylic acids is 3. The Morgan fingerprint density at radius 2 is 0.481 bits per heavy atom. The van der Waals surface area contributed by atoms with Crippen LogP contribution in [0.2, 0.25) is 0 Å². The van der Waals surface area contributed by atoms with Crippen molar-refractivity contribution in [3.05, 3.63) is 122 Å². The van der Waals surface area contributed by atoms with Gasteiger partial charge < -0.3 is 14.2 Å². The van der Waals surface area contributed by atoms with Crippen molar-refractivity contribution in [2.45, 2.75) is 322 Å². The summed E-state index contributed by atoms with van der Waals surface area (Å²) in [6.45, 7) is 6.37. The SMILES string of the molecule is CC/C=C\C/C=C\C/C=C\C/C=C\C/C=C\CCCCCCCCCCCCCCCCCCCCCC(=O)OCC(COC(=O)CCCCC/C=C\C/C=C\C/C=C\CC)OC(=O)CCCCCCC/C=C\C/C=C\CCCCC. The molecule has 6 nitrogen and oxygen atoms in total. The molecule has 0 bridgehead atoms. The number of carbonyl (C=O) groups is 3. The van der Waals surface area contributed by atoms with Crippen molar-refractivity contribution < 1.29 is 28.6 Å². The molecule has 0 aliphatic heterocycles. The second-order valence-corrected chi connectivity index (χ2v) is 22.3. The average Bonchev–Trinajstić information content (AvgIpc) is 3.46. The summed E-state index contributed by atoms with van der Waals surface area (Å²) in [6.07, 6.45) is 95.2. The standard InChI is InChI=1S/C75H126O6/c1-4-7-10-13-16-19-22-25-27-28-29-30-31-32-33-34-35-36-37-38-39-40-41-42-43-44-45-46-48-50-53-56-59-62-65-68-74(77)80-71-72(70-79-73(76)67-64-61-58-55-52-49-24-21-18-15-12-9-6-3)81-75(78)69-66-63-60-57-54-51-47-26-23-20-17-14-11-8-5-2/h7,9-10,12,16-21,25-27,29-30,32-33,47,49,52,72H,4-6,8,11,13-15,22-24,28,31,34-46,48,50-51,53-71H2,1-3H3/b10-7-,12-9-,19-16-,20-17-,21-18-,27-25-,30-29-,33-32-,47-26-,52-49-. The molecule has 1 unspecified atom stereocenters. The summed E-state index contributed by atoms with van der Waals surface area (Å²) in [5.41, 5.74) is 0. The molecule has 0 aromatic rings. The maximum atomic E-state index is 12.9. The average molecular weight is 1120 g/mol. The summed E-state index contributed by atoms with van der Waals surface area (Å²) >= 11 is 0. The lowest BCUT2D eigenvalue weighted by Gasteiger charge is -2.18. The van der Waals surface area contributed by atoms with E-state index in [0.29, 0.717) is 19.3 Å². The minimum atomic E-state index is -0.798. The zero-order valence-electron chi connectivity index (χ0n) is 53.0. The number of esters is 3. The largest absolute Gasteiger partial charge is 0.462 e. The highest BCUT2D eigenvalue weighted by atomic mass is 16.6. The van der Waals surface area contributed by atoms with Gasteiger partial charge in [-0.15, -0.1) is 0 Å². The smallest absolute Gasteiger partial charge is 0.306 e. The van der Waals surface area contributed by atoms with Gasteiger partial charge in [0.15, 0.2) is 6.10 Å². The van der Waals surface area contributed by atoms with Gasteiger partial charge in [0.25, 0.3) is 0 Å². The molecule has 0 heterocycles. The third kappa shape index (κ3) is 66.5. The van der Waals surface area contributed by atoms with Crippen LogP contribution < -0.4 is 0 Å². The Morgan fingerprint density at radius 3 is 0.765 bits per heavy atom. The molecule has 0 aliphatic carbocycles. The van der Waals surface area contributed by atoms with Crippen LogP contribution in [-0.2, 0) is 28.6 Å². The topological polar surface area (TPSA) is 78.9 Å². The molecule has 6 heteroatoms. The minimum absolute atomic E-state index is 0.0920.